The smallest absolute Gasteiger partial charge is 0.237 e. The van der Waals surface area contributed by atoms with Gasteiger partial charge in [-0.25, -0.2) is 4.99 Å². The van der Waals surface area contributed by atoms with Crippen molar-refractivity contribution in [2.75, 3.05) is 6.54 Å². The molecule has 0 saturated heterocycles. The number of rotatable bonds is 4. The number of nitrogens with zero attached hydrogens (tertiary/aromatic N) is 3. The Labute approximate surface area is 85.7 Å². The summed E-state index contributed by atoms with van der Waals surface area (Å²) in [5.41, 5.74) is 8.18. The van der Waals surface area contributed by atoms with Crippen LogP contribution in [0.25, 0.3) is 0 Å². The van der Waals surface area contributed by atoms with Crippen LogP contribution in [0.1, 0.15) is 0 Å². The minimum Gasteiger partial charge on any atom is -0.367 e. The van der Waals surface area contributed by atoms with Gasteiger partial charge in [0.2, 0.25) is 5.96 Å². The third-order valence-corrected chi connectivity index (χ3v) is 3.18. The number of aliphatic imine (C=N–C) groups is 1. The van der Waals surface area contributed by atoms with Crippen molar-refractivity contribution in [1.29, 1.82) is 5.26 Å². The third-order valence-electron chi connectivity index (χ3n) is 1.43. The first-order chi connectivity index (χ1) is 6.45. The Morgan fingerprint density at radius 2 is 2.21 bits per heavy atom. The second kappa shape index (κ2) is 6.15. The lowest BCUT2D eigenvalue weighted by atomic mass is 10.8. The van der Waals surface area contributed by atoms with E-state index in [9.17, 15) is 0 Å². The highest BCUT2D eigenvalue weighted by Crippen LogP contribution is 2.05. The standard InChI is InChI=1S/C8H17N5Si/c1-14(2,3)7-6-12-13-8(10)11-5-4-9/h5,12H,6-7H2,1-3H3,(H2,10,13). The zero-order valence-corrected chi connectivity index (χ0v) is 9.91. The fourth-order valence-corrected chi connectivity index (χ4v) is 1.55. The van der Waals surface area contributed by atoms with Crippen LogP contribution in [0, 0.1) is 11.3 Å². The fourth-order valence-electron chi connectivity index (χ4n) is 0.692. The van der Waals surface area contributed by atoms with Gasteiger partial charge in [0.15, 0.2) is 0 Å². The maximum Gasteiger partial charge on any atom is 0.237 e. The summed E-state index contributed by atoms with van der Waals surface area (Å²) >= 11 is 0. The number of hydrazone groups is 1. The lowest BCUT2D eigenvalue weighted by Gasteiger charge is -2.14. The normalized spacial score (nSPS) is 12.9. The van der Waals surface area contributed by atoms with E-state index in [-0.39, 0.29) is 5.96 Å². The van der Waals surface area contributed by atoms with Gasteiger partial charge in [-0.3, -0.25) is 0 Å². The highest BCUT2D eigenvalue weighted by Gasteiger charge is 2.11. The molecule has 0 aromatic heterocycles. The summed E-state index contributed by atoms with van der Waals surface area (Å²) in [6, 6.07) is 2.87. The first kappa shape index (κ1) is 12.6. The maximum atomic E-state index is 8.17. The number of nitrogens with one attached hydrogen (secondary N) is 1. The molecule has 0 aliphatic heterocycles. The maximum absolute atomic E-state index is 8.17. The average molecular weight is 211 g/mol. The predicted octanol–water partition coefficient (Wildman–Crippen LogP) is 0.738. The summed E-state index contributed by atoms with van der Waals surface area (Å²) in [6.45, 7) is 7.67. The van der Waals surface area contributed by atoms with Crippen LogP contribution in [0.4, 0.5) is 0 Å². The molecule has 0 spiro atoms. The summed E-state index contributed by atoms with van der Waals surface area (Å²) in [5, 5.41) is 12.0. The Kier molecular flexibility index (Phi) is 5.56. The lowest BCUT2D eigenvalue weighted by molar-refractivity contribution is 0.771. The molecule has 3 N–H and O–H groups in total. The summed E-state index contributed by atoms with van der Waals surface area (Å²) in [4.78, 5) is 3.57. The molecular weight excluding hydrogens is 194 g/mol. The summed E-state index contributed by atoms with van der Waals surface area (Å²) in [7, 11) is -1.02. The van der Waals surface area contributed by atoms with E-state index >= 15 is 0 Å². The molecule has 0 rings (SSSR count). The SMILES string of the molecule is C[Si](C)(C)CCNN=C(N)N=CC#N. The highest BCUT2D eigenvalue weighted by atomic mass is 28.3. The fraction of sp³-hybridized carbons (Fsp3) is 0.625. The molecule has 0 aliphatic carbocycles. The van der Waals surface area contributed by atoms with E-state index in [1.807, 2.05) is 0 Å². The van der Waals surface area contributed by atoms with Crippen LogP contribution in [0.5, 0.6) is 0 Å². The van der Waals surface area contributed by atoms with Crippen LogP contribution < -0.4 is 11.2 Å². The number of hydrogen-bond acceptors (Lipinski definition) is 3. The molecular formula is C8H17N5Si. The van der Waals surface area contributed by atoms with Crippen molar-refractivity contribution in [3.8, 4) is 6.07 Å². The predicted molar refractivity (Wildman–Crippen MR) is 61.9 cm³/mol. The molecule has 0 bridgehead atoms. The van der Waals surface area contributed by atoms with Gasteiger partial charge in [-0.1, -0.05) is 19.6 Å². The van der Waals surface area contributed by atoms with Gasteiger partial charge >= 0.3 is 0 Å². The molecule has 5 nitrogen and oxygen atoms in total. The van der Waals surface area contributed by atoms with E-state index in [4.69, 9.17) is 11.0 Å². The molecule has 0 fully saturated rings. The van der Waals surface area contributed by atoms with Gasteiger partial charge in [0, 0.05) is 14.6 Å². The molecule has 0 saturated carbocycles. The van der Waals surface area contributed by atoms with Gasteiger partial charge in [-0.15, -0.1) is 5.10 Å². The Hall–Kier alpha value is -1.35. The summed E-state index contributed by atoms with van der Waals surface area (Å²) in [5.74, 6) is 0.0853. The van der Waals surface area contributed by atoms with Crippen LogP contribution in [-0.2, 0) is 0 Å². The van der Waals surface area contributed by atoms with E-state index in [2.05, 4.69) is 35.2 Å². The van der Waals surface area contributed by atoms with Crippen molar-refractivity contribution in [3.63, 3.8) is 0 Å². The molecule has 0 aromatic rings. The highest BCUT2D eigenvalue weighted by molar-refractivity contribution is 6.76. The second-order valence-corrected chi connectivity index (χ2v) is 9.70. The molecule has 0 amide bonds. The Morgan fingerprint density at radius 1 is 1.57 bits per heavy atom. The van der Waals surface area contributed by atoms with Crippen LogP contribution in [0.2, 0.25) is 25.7 Å². The zero-order valence-electron chi connectivity index (χ0n) is 8.91. The monoisotopic (exact) mass is 211 g/mol. The third kappa shape index (κ3) is 8.74. The van der Waals surface area contributed by atoms with Crippen LogP contribution in [0.3, 0.4) is 0 Å². The van der Waals surface area contributed by atoms with E-state index < -0.39 is 8.07 Å². The molecule has 0 radical (unpaired) electrons. The van der Waals surface area contributed by atoms with Gasteiger partial charge in [0.1, 0.15) is 12.3 Å². The number of nitriles is 1. The van der Waals surface area contributed by atoms with Crippen molar-refractivity contribution < 1.29 is 0 Å². The van der Waals surface area contributed by atoms with Crippen LogP contribution >= 0.6 is 0 Å². The molecule has 0 atom stereocenters. The Bertz CT molecular complexity index is 258. The van der Waals surface area contributed by atoms with Crippen LogP contribution in [0.15, 0.2) is 10.1 Å². The molecule has 0 unspecified atom stereocenters. The van der Waals surface area contributed by atoms with E-state index in [0.717, 1.165) is 18.8 Å². The topological polar surface area (TPSA) is 86.6 Å². The van der Waals surface area contributed by atoms with Gasteiger partial charge in [-0.05, 0) is 6.04 Å². The van der Waals surface area contributed by atoms with Gasteiger partial charge in [0.05, 0.1) is 0 Å². The minimum atomic E-state index is -1.02. The molecule has 14 heavy (non-hydrogen) atoms. The quantitative estimate of drug-likeness (QED) is 0.236. The zero-order chi connectivity index (χ0) is 11.0. The lowest BCUT2D eigenvalue weighted by Crippen LogP contribution is -2.26. The van der Waals surface area contributed by atoms with Crippen molar-refractivity contribution in [3.05, 3.63) is 0 Å². The van der Waals surface area contributed by atoms with E-state index in [1.54, 1.807) is 6.07 Å². The Balaban J connectivity index is 3.73. The van der Waals surface area contributed by atoms with Crippen LogP contribution in [-0.4, -0.2) is 26.8 Å². The van der Waals surface area contributed by atoms with Gasteiger partial charge in [-0.2, -0.15) is 5.26 Å². The van der Waals surface area contributed by atoms with Crippen molar-refractivity contribution >= 4 is 20.2 Å². The first-order valence-electron chi connectivity index (χ1n) is 4.44. The minimum absolute atomic E-state index is 0.0853. The molecule has 6 heteroatoms. The molecule has 0 aromatic carbocycles. The largest absolute Gasteiger partial charge is 0.367 e. The summed E-state index contributed by atoms with van der Waals surface area (Å²) < 4.78 is 0. The van der Waals surface area contributed by atoms with E-state index in [1.165, 1.54) is 0 Å². The van der Waals surface area contributed by atoms with E-state index in [0.29, 0.717) is 0 Å². The first-order valence-corrected chi connectivity index (χ1v) is 8.14. The average Bonchev–Trinajstić information content (AvgIpc) is 2.07. The number of hydrogen-bond donors (Lipinski definition) is 2. The molecule has 78 valence electrons. The summed E-state index contributed by atoms with van der Waals surface area (Å²) in [6.07, 6.45) is 1.05. The second-order valence-electron chi connectivity index (χ2n) is 4.08. The van der Waals surface area contributed by atoms with Crippen molar-refractivity contribution in [2.45, 2.75) is 25.7 Å². The number of guanidine groups is 1. The van der Waals surface area contributed by atoms with Gasteiger partial charge in [0.25, 0.3) is 0 Å². The molecule has 0 aliphatic rings. The van der Waals surface area contributed by atoms with Crippen molar-refractivity contribution in [2.24, 2.45) is 15.8 Å². The van der Waals surface area contributed by atoms with Gasteiger partial charge < -0.3 is 11.2 Å². The number of nitrogens with two attached hydrogens (primary N) is 1. The van der Waals surface area contributed by atoms with Crippen molar-refractivity contribution in [1.82, 2.24) is 5.43 Å². The molecule has 0 heterocycles. The Morgan fingerprint density at radius 3 is 2.71 bits per heavy atom.